The minimum absolute atomic E-state index is 0.0916. The lowest BCUT2D eigenvalue weighted by Crippen LogP contribution is -2.38. The van der Waals surface area contributed by atoms with E-state index in [9.17, 15) is 9.59 Å². The fraction of sp³-hybridized carbons (Fsp3) is 0.667. The first-order chi connectivity index (χ1) is 9.28. The molecule has 1 N–H and O–H groups in total. The number of rotatable bonds is 1. The fourth-order valence-corrected chi connectivity index (χ4v) is 1.99. The third-order valence-electron chi connectivity index (χ3n) is 2.87. The molecule has 1 aliphatic heterocycles. The molecule has 1 aromatic rings. The van der Waals surface area contributed by atoms with Gasteiger partial charge in [-0.1, -0.05) is 0 Å². The number of nitrogens with zero attached hydrogens (tertiary/aromatic N) is 4. The highest BCUT2D eigenvalue weighted by Gasteiger charge is 2.27. The Morgan fingerprint density at radius 2 is 1.90 bits per heavy atom. The molecular weight excluding hydrogens is 264 g/mol. The van der Waals surface area contributed by atoms with Crippen molar-refractivity contribution in [3.05, 3.63) is 11.6 Å². The Morgan fingerprint density at radius 3 is 2.50 bits per heavy atom. The molecule has 2 rings (SSSR count). The molecule has 0 atom stereocenters. The Balaban J connectivity index is 2.08. The number of hydrogen-bond acceptors (Lipinski definition) is 5. The van der Waals surface area contributed by atoms with Crippen LogP contribution in [0.25, 0.3) is 0 Å². The van der Waals surface area contributed by atoms with Gasteiger partial charge in [-0.2, -0.15) is 0 Å². The first-order valence-electron chi connectivity index (χ1n) is 6.41. The number of aromatic nitrogens is 3. The fourth-order valence-electron chi connectivity index (χ4n) is 1.99. The third-order valence-corrected chi connectivity index (χ3v) is 2.87. The Hall–Kier alpha value is -2.12. The van der Waals surface area contributed by atoms with Gasteiger partial charge < -0.3 is 19.3 Å². The van der Waals surface area contributed by atoms with Crippen LogP contribution in [0.5, 0.6) is 0 Å². The van der Waals surface area contributed by atoms with Gasteiger partial charge in [-0.3, -0.25) is 0 Å². The zero-order valence-electron chi connectivity index (χ0n) is 11.8. The molecule has 8 nitrogen and oxygen atoms in total. The number of fused-ring (bicyclic) bond motifs is 1. The smallest absolute Gasteiger partial charge is 0.410 e. The lowest BCUT2D eigenvalue weighted by molar-refractivity contribution is 0.0254. The van der Waals surface area contributed by atoms with Crippen LogP contribution in [-0.2, 0) is 17.7 Å². The van der Waals surface area contributed by atoms with Crippen LogP contribution in [0.1, 0.15) is 37.2 Å². The predicted molar refractivity (Wildman–Crippen MR) is 68.5 cm³/mol. The first-order valence-corrected chi connectivity index (χ1v) is 6.41. The summed E-state index contributed by atoms with van der Waals surface area (Å²) < 4.78 is 6.85. The second-order valence-corrected chi connectivity index (χ2v) is 5.61. The van der Waals surface area contributed by atoms with Crippen molar-refractivity contribution in [2.45, 2.75) is 39.3 Å². The highest BCUT2D eigenvalue weighted by atomic mass is 16.6. The van der Waals surface area contributed by atoms with E-state index in [0.717, 1.165) is 0 Å². The summed E-state index contributed by atoms with van der Waals surface area (Å²) in [7, 11) is 0. The van der Waals surface area contributed by atoms with Crippen LogP contribution in [-0.4, -0.2) is 55.5 Å². The van der Waals surface area contributed by atoms with Crippen LogP contribution in [0.3, 0.4) is 0 Å². The Morgan fingerprint density at radius 1 is 1.20 bits per heavy atom. The van der Waals surface area contributed by atoms with E-state index in [1.54, 1.807) is 25.7 Å². The van der Waals surface area contributed by atoms with Gasteiger partial charge in [0.2, 0.25) is 5.82 Å². The average molecular weight is 282 g/mol. The first kappa shape index (κ1) is 14.3. The molecule has 0 aliphatic carbocycles. The van der Waals surface area contributed by atoms with Gasteiger partial charge in [0.25, 0.3) is 0 Å². The van der Waals surface area contributed by atoms with Crippen molar-refractivity contribution in [3.63, 3.8) is 0 Å². The summed E-state index contributed by atoms with van der Waals surface area (Å²) in [4.78, 5) is 24.6. The number of carbonyl (C=O) groups excluding carboxylic acids is 1. The molecule has 0 bridgehead atoms. The number of aromatic carboxylic acids is 1. The number of carboxylic acid groups (broad SMARTS) is 1. The van der Waals surface area contributed by atoms with Crippen LogP contribution in [0, 0.1) is 0 Å². The van der Waals surface area contributed by atoms with E-state index >= 15 is 0 Å². The molecule has 1 aromatic heterocycles. The second-order valence-electron chi connectivity index (χ2n) is 5.61. The van der Waals surface area contributed by atoms with Crippen LogP contribution in [0.4, 0.5) is 4.79 Å². The molecule has 0 unspecified atom stereocenters. The van der Waals surface area contributed by atoms with Gasteiger partial charge in [-0.05, 0) is 20.8 Å². The summed E-state index contributed by atoms with van der Waals surface area (Å²) in [5.74, 6) is -0.631. The summed E-state index contributed by atoms with van der Waals surface area (Å²) >= 11 is 0. The van der Waals surface area contributed by atoms with Crippen LogP contribution >= 0.6 is 0 Å². The van der Waals surface area contributed by atoms with E-state index in [4.69, 9.17) is 9.84 Å². The number of carboxylic acids is 1. The van der Waals surface area contributed by atoms with Crippen molar-refractivity contribution in [2.24, 2.45) is 0 Å². The summed E-state index contributed by atoms with van der Waals surface area (Å²) in [5.41, 5.74) is -0.551. The normalized spacial score (nSPS) is 15.4. The Kier molecular flexibility index (Phi) is 3.65. The maximum absolute atomic E-state index is 12.0. The van der Waals surface area contributed by atoms with E-state index < -0.39 is 17.7 Å². The Labute approximate surface area is 116 Å². The number of amides is 1. The largest absolute Gasteiger partial charge is 0.475 e. The highest BCUT2D eigenvalue weighted by Crippen LogP contribution is 2.14. The maximum Gasteiger partial charge on any atom is 0.410 e. The van der Waals surface area contributed by atoms with E-state index in [0.29, 0.717) is 31.9 Å². The van der Waals surface area contributed by atoms with Gasteiger partial charge in [-0.25, -0.2) is 9.59 Å². The molecule has 20 heavy (non-hydrogen) atoms. The van der Waals surface area contributed by atoms with Crippen molar-refractivity contribution < 1.29 is 19.4 Å². The molecule has 0 aromatic carbocycles. The zero-order chi connectivity index (χ0) is 14.9. The molecular formula is C12H18N4O4. The lowest BCUT2D eigenvalue weighted by Gasteiger charge is -2.26. The van der Waals surface area contributed by atoms with E-state index in [1.807, 2.05) is 0 Å². The van der Waals surface area contributed by atoms with Gasteiger partial charge in [-0.15, -0.1) is 10.2 Å². The highest BCUT2D eigenvalue weighted by molar-refractivity contribution is 5.83. The van der Waals surface area contributed by atoms with E-state index in [1.165, 1.54) is 4.57 Å². The molecule has 0 saturated heterocycles. The third kappa shape index (κ3) is 3.06. The minimum Gasteiger partial charge on any atom is -0.475 e. The van der Waals surface area contributed by atoms with Crippen molar-refractivity contribution in [2.75, 3.05) is 13.1 Å². The average Bonchev–Trinajstić information content (AvgIpc) is 2.59. The Bertz CT molecular complexity index is 532. The monoisotopic (exact) mass is 282 g/mol. The number of hydrogen-bond donors (Lipinski definition) is 1. The summed E-state index contributed by atoms with van der Waals surface area (Å²) in [5, 5.41) is 16.5. The summed E-state index contributed by atoms with van der Waals surface area (Å²) in [6.45, 7) is 6.58. The van der Waals surface area contributed by atoms with Crippen molar-refractivity contribution >= 4 is 12.1 Å². The number of ether oxygens (including phenoxy) is 1. The molecule has 0 saturated carbocycles. The van der Waals surface area contributed by atoms with Crippen molar-refractivity contribution in [1.29, 1.82) is 0 Å². The van der Waals surface area contributed by atoms with E-state index in [2.05, 4.69) is 10.2 Å². The molecule has 0 radical (unpaired) electrons. The van der Waals surface area contributed by atoms with Crippen molar-refractivity contribution in [3.8, 4) is 0 Å². The van der Waals surface area contributed by atoms with Gasteiger partial charge in [0.15, 0.2) is 0 Å². The van der Waals surface area contributed by atoms with Gasteiger partial charge in [0.1, 0.15) is 11.4 Å². The lowest BCUT2D eigenvalue weighted by atomic mass is 10.2. The molecule has 110 valence electrons. The quantitative estimate of drug-likeness (QED) is 0.817. The standard InChI is InChI=1S/C12H18N4O4/c1-12(2,3)20-11(19)15-5-4-8-13-14-9(10(17)18)16(8)7-6-15/h4-7H2,1-3H3,(H,17,18). The summed E-state index contributed by atoms with van der Waals surface area (Å²) in [6.07, 6.45) is 0.0626. The van der Waals surface area contributed by atoms with E-state index in [-0.39, 0.29) is 5.82 Å². The van der Waals surface area contributed by atoms with Crippen molar-refractivity contribution in [1.82, 2.24) is 19.7 Å². The van der Waals surface area contributed by atoms with Crippen LogP contribution < -0.4 is 0 Å². The second kappa shape index (κ2) is 5.10. The predicted octanol–water partition coefficient (Wildman–Crippen LogP) is 0.769. The van der Waals surface area contributed by atoms with Gasteiger partial charge in [0.05, 0.1) is 0 Å². The van der Waals surface area contributed by atoms with Gasteiger partial charge >= 0.3 is 12.1 Å². The van der Waals surface area contributed by atoms with Crippen LogP contribution in [0.2, 0.25) is 0 Å². The maximum atomic E-state index is 12.0. The van der Waals surface area contributed by atoms with Gasteiger partial charge in [0, 0.05) is 26.1 Å². The summed E-state index contributed by atoms with van der Waals surface area (Å²) in [6, 6.07) is 0. The van der Waals surface area contributed by atoms with Crippen LogP contribution in [0.15, 0.2) is 0 Å². The minimum atomic E-state index is -1.12. The number of carbonyl (C=O) groups is 2. The molecule has 1 aliphatic rings. The molecule has 2 heterocycles. The SMILES string of the molecule is CC(C)(C)OC(=O)N1CCc2nnc(C(=O)O)n2CC1. The molecule has 8 heteroatoms. The molecule has 0 fully saturated rings. The molecule has 0 spiro atoms. The topological polar surface area (TPSA) is 97.6 Å². The molecule has 1 amide bonds. The zero-order valence-corrected chi connectivity index (χ0v) is 11.8.